The number of esters is 4. The van der Waals surface area contributed by atoms with Gasteiger partial charge in [0, 0.05) is 0 Å². The maximum atomic E-state index is 12.9. The molecular weight excluding hydrogens is 1290 g/mol. The van der Waals surface area contributed by atoms with Gasteiger partial charge in [-0.3, -0.25) is 0 Å². The molecule has 0 radical (unpaired) electrons. The van der Waals surface area contributed by atoms with Crippen molar-refractivity contribution >= 4 is 81.9 Å². The second kappa shape index (κ2) is 65.7. The fourth-order valence-corrected chi connectivity index (χ4v) is 12.6. The van der Waals surface area contributed by atoms with Gasteiger partial charge in [-0.2, -0.15) is 0 Å². The van der Waals surface area contributed by atoms with E-state index in [1.54, 1.807) is 0 Å². The van der Waals surface area contributed by atoms with Crippen LogP contribution in [-0.4, -0.2) is 114 Å². The fourth-order valence-electron chi connectivity index (χ4n) is 11.2. The molecule has 0 spiro atoms. The third-order valence-electron chi connectivity index (χ3n) is 17.0. The summed E-state index contributed by atoms with van der Waals surface area (Å²) in [5.41, 5.74) is -1.64. The molecule has 0 heterocycles. The van der Waals surface area contributed by atoms with E-state index in [1.807, 2.05) is 0 Å². The van der Waals surface area contributed by atoms with Crippen molar-refractivity contribution in [1.29, 1.82) is 0 Å². The first-order valence-electron chi connectivity index (χ1n) is 38.1. The smallest absolute Gasteiger partial charge is 0.744 e. The van der Waals surface area contributed by atoms with Crippen molar-refractivity contribution in [3.05, 3.63) is 107 Å². The number of hydrogen-bond donors (Lipinski definition) is 0. The number of rotatable bonds is 62. The summed E-state index contributed by atoms with van der Waals surface area (Å²) in [5.74, 6) is -3.72. The zero-order chi connectivity index (χ0) is 70.3. The van der Waals surface area contributed by atoms with E-state index in [2.05, 4.69) is 76.3 Å². The molecule has 0 saturated heterocycles. The van der Waals surface area contributed by atoms with E-state index >= 15 is 0 Å². The molecule has 14 nitrogen and oxygen atoms in total. The number of carbonyl (C=O) groups is 4. The zero-order valence-electron chi connectivity index (χ0n) is 61.1. The predicted octanol–water partition coefficient (Wildman–Crippen LogP) is 22.5. The third-order valence-corrected chi connectivity index (χ3v) is 18.8. The minimum absolute atomic E-state index is 0. The first kappa shape index (κ1) is 93.4. The number of allylic oxidation sites excluding steroid dienone is 8. The molecule has 0 fully saturated rings. The maximum Gasteiger partial charge on any atom is 2.00 e. The molecule has 0 aliphatic rings. The van der Waals surface area contributed by atoms with Crippen LogP contribution in [0, 0.1) is 0 Å². The van der Waals surface area contributed by atoms with Crippen molar-refractivity contribution in [3.8, 4) is 0 Å². The molecule has 0 atom stereocenters. The summed E-state index contributed by atoms with van der Waals surface area (Å²) >= 11 is 0. The minimum Gasteiger partial charge on any atom is -0.744 e. The van der Waals surface area contributed by atoms with Gasteiger partial charge in [-0.15, -0.1) is 0 Å². The Hall–Kier alpha value is -3.64. The van der Waals surface area contributed by atoms with Crippen LogP contribution >= 0.6 is 0 Å². The summed E-state index contributed by atoms with van der Waals surface area (Å²) in [6, 6.07) is 7.14. The SMILES string of the molecule is CCCCCCCCCC/C=C/CCCCOC(=O)c1cccc(S(=O)(=O)[O-])c1C(=O)OCCCC/C=C/CCCCCCCCCC.CCCCCCCCCC/C=C/CCCCOC(=O)c1cccc(S(=O)(=O)[O-])c1C(=O)OCCCC/C=C/CCCCCCCCCC.[Ca+2]. The van der Waals surface area contributed by atoms with Crippen LogP contribution in [0.3, 0.4) is 0 Å². The van der Waals surface area contributed by atoms with E-state index in [0.29, 0.717) is 25.7 Å². The van der Waals surface area contributed by atoms with Gasteiger partial charge in [0.1, 0.15) is 20.2 Å². The van der Waals surface area contributed by atoms with E-state index in [0.717, 1.165) is 89.2 Å². The Morgan fingerprint density at radius 1 is 0.289 bits per heavy atom. The zero-order valence-corrected chi connectivity index (χ0v) is 64.9. The van der Waals surface area contributed by atoms with Crippen molar-refractivity contribution in [2.24, 2.45) is 0 Å². The normalized spacial score (nSPS) is 11.8. The topological polar surface area (TPSA) is 220 Å². The Morgan fingerprint density at radius 3 is 0.680 bits per heavy atom. The summed E-state index contributed by atoms with van der Waals surface area (Å²) < 4.78 is 92.9. The van der Waals surface area contributed by atoms with Gasteiger partial charge < -0.3 is 28.1 Å². The molecule has 0 amide bonds. The number of ether oxygens (including phenoxy) is 4. The van der Waals surface area contributed by atoms with Gasteiger partial charge in [0.2, 0.25) is 0 Å². The summed E-state index contributed by atoms with van der Waals surface area (Å²) in [5, 5.41) is 0. The number of carbonyl (C=O) groups excluding carboxylic acids is 4. The van der Waals surface area contributed by atoms with Crippen molar-refractivity contribution in [3.63, 3.8) is 0 Å². The van der Waals surface area contributed by atoms with Gasteiger partial charge in [-0.1, -0.05) is 268 Å². The predicted molar refractivity (Wildman–Crippen MR) is 397 cm³/mol. The molecule has 2 aromatic rings. The van der Waals surface area contributed by atoms with Crippen LogP contribution in [0.15, 0.2) is 94.8 Å². The number of unbranched alkanes of at least 4 members (excludes halogenated alkanes) is 40. The molecule has 2 aromatic carbocycles. The van der Waals surface area contributed by atoms with Gasteiger partial charge in [0.05, 0.1) is 58.5 Å². The van der Waals surface area contributed by atoms with Crippen LogP contribution < -0.4 is 0 Å². The first-order valence-corrected chi connectivity index (χ1v) is 40.9. The van der Waals surface area contributed by atoms with Crippen LogP contribution in [0.2, 0.25) is 0 Å². The largest absolute Gasteiger partial charge is 2.00 e. The molecular formula is C80H130CaO14S2. The molecule has 0 aliphatic heterocycles. The van der Waals surface area contributed by atoms with Crippen molar-refractivity contribution in [2.75, 3.05) is 26.4 Å². The second-order valence-electron chi connectivity index (χ2n) is 25.7. The van der Waals surface area contributed by atoms with E-state index in [-0.39, 0.29) is 75.3 Å². The number of hydrogen-bond acceptors (Lipinski definition) is 14. The van der Waals surface area contributed by atoms with E-state index in [1.165, 1.54) is 230 Å². The Labute approximate surface area is 620 Å². The molecule has 0 unspecified atom stereocenters. The second-order valence-corrected chi connectivity index (χ2v) is 28.4. The van der Waals surface area contributed by atoms with Crippen molar-refractivity contribution < 1.29 is 64.1 Å². The summed E-state index contributed by atoms with van der Waals surface area (Å²) in [4.78, 5) is 50.0. The molecule has 0 aliphatic carbocycles. The van der Waals surface area contributed by atoms with E-state index in [4.69, 9.17) is 18.9 Å². The summed E-state index contributed by atoms with van der Waals surface area (Å²) in [6.45, 7) is 9.31. The van der Waals surface area contributed by atoms with Crippen molar-refractivity contribution in [2.45, 2.75) is 346 Å². The summed E-state index contributed by atoms with van der Waals surface area (Å²) in [7, 11) is -10.0. The Bertz CT molecular complexity index is 2470. The average molecular weight is 1420 g/mol. The van der Waals surface area contributed by atoms with Gasteiger partial charge >= 0.3 is 61.6 Å². The van der Waals surface area contributed by atoms with Crippen LogP contribution in [0.5, 0.6) is 0 Å². The number of benzene rings is 2. The molecule has 548 valence electrons. The summed E-state index contributed by atoms with van der Waals surface area (Å²) in [6.07, 6.45) is 72.6. The van der Waals surface area contributed by atoms with E-state index in [9.17, 15) is 45.1 Å². The van der Waals surface area contributed by atoms with Crippen molar-refractivity contribution in [1.82, 2.24) is 0 Å². The Morgan fingerprint density at radius 2 is 0.474 bits per heavy atom. The van der Waals surface area contributed by atoms with Gasteiger partial charge in [-0.05, 0) is 153 Å². The molecule has 0 saturated carbocycles. The molecule has 0 bridgehead atoms. The van der Waals surface area contributed by atoms with Gasteiger partial charge in [0.25, 0.3) is 0 Å². The first-order chi connectivity index (χ1) is 46.6. The quantitative estimate of drug-likeness (QED) is 0.0150. The molecule has 17 heteroatoms. The monoisotopic (exact) mass is 1420 g/mol. The average Bonchev–Trinajstić information content (AvgIpc) is 0.804. The molecule has 0 aromatic heterocycles. The molecule has 97 heavy (non-hydrogen) atoms. The standard InChI is InChI=1S/2C40H66O7S.Ca/c2*1-3-5-7-9-11-13-15-17-19-21-23-25-27-29-34-46-39(41)36-32-31-33-37(48(43,44)45)38(36)40(42)47-35-30-28-26-24-22-20-18-16-14-12-10-8-6-4-2;/h2*21-24,31-33H,3-20,25-30,34-35H2,1-2H3,(H,43,44,45);/q;;+2/p-2/b2*23-21+,24-22+;. The van der Waals surface area contributed by atoms with Crippen LogP contribution in [0.25, 0.3) is 0 Å². The van der Waals surface area contributed by atoms with Gasteiger partial charge in [0.15, 0.2) is 0 Å². The van der Waals surface area contributed by atoms with Gasteiger partial charge in [-0.25, -0.2) is 36.0 Å². The molecule has 2 rings (SSSR count). The Kier molecular flexibility index (Phi) is 63.2. The third kappa shape index (κ3) is 52.1. The van der Waals surface area contributed by atoms with Crippen LogP contribution in [0.1, 0.15) is 377 Å². The molecule has 0 N–H and O–H groups in total. The maximum absolute atomic E-state index is 12.9. The van der Waals surface area contributed by atoms with Crippen LogP contribution in [-0.2, 0) is 39.2 Å². The Balaban J connectivity index is 0.00000188. The van der Waals surface area contributed by atoms with E-state index < -0.39 is 65.0 Å². The van der Waals surface area contributed by atoms with Crippen LogP contribution in [0.4, 0.5) is 0 Å². The fraction of sp³-hybridized carbons (Fsp3) is 0.700. The minimum atomic E-state index is -5.02.